The first-order valence-electron chi connectivity index (χ1n) is 9.34. The quantitative estimate of drug-likeness (QED) is 0.872. The summed E-state index contributed by atoms with van der Waals surface area (Å²) in [5, 5.41) is 0. The fraction of sp³-hybridized carbons (Fsp3) is 0.409. The van der Waals surface area contributed by atoms with Crippen molar-refractivity contribution in [3.8, 4) is 0 Å². The molecule has 2 aromatic carbocycles. The molecule has 1 fully saturated rings. The zero-order valence-electron chi connectivity index (χ0n) is 15.0. The highest BCUT2D eigenvalue weighted by Crippen LogP contribution is 2.38. The third kappa shape index (κ3) is 4.10. The zero-order valence-corrected chi connectivity index (χ0v) is 15.0. The molecule has 3 heteroatoms. The first-order valence-corrected chi connectivity index (χ1v) is 9.34. The lowest BCUT2D eigenvalue weighted by Gasteiger charge is -2.39. The van der Waals surface area contributed by atoms with E-state index in [0.29, 0.717) is 11.8 Å². The Morgan fingerprint density at radius 1 is 1.00 bits per heavy atom. The maximum absolute atomic E-state index is 11.7. The van der Waals surface area contributed by atoms with E-state index in [2.05, 4.69) is 65.6 Å². The highest BCUT2D eigenvalue weighted by Gasteiger charge is 2.32. The van der Waals surface area contributed by atoms with Crippen molar-refractivity contribution >= 4 is 5.91 Å². The van der Waals surface area contributed by atoms with E-state index >= 15 is 0 Å². The van der Waals surface area contributed by atoms with Crippen LogP contribution in [0.4, 0.5) is 0 Å². The normalized spacial score (nSPS) is 17.5. The average Bonchev–Trinajstić information content (AvgIpc) is 2.65. The lowest BCUT2D eigenvalue weighted by molar-refractivity contribution is -0.124. The highest BCUT2D eigenvalue weighted by atomic mass is 16.1. The Bertz CT molecular complexity index is 623. The van der Waals surface area contributed by atoms with Crippen molar-refractivity contribution < 1.29 is 4.79 Å². The molecular weight excluding hydrogens is 308 g/mol. The van der Waals surface area contributed by atoms with Crippen molar-refractivity contribution in [1.82, 2.24) is 4.90 Å². The summed E-state index contributed by atoms with van der Waals surface area (Å²) in [4.78, 5) is 13.9. The van der Waals surface area contributed by atoms with Gasteiger partial charge in [0.2, 0.25) is 5.91 Å². The molecule has 3 nitrogen and oxygen atoms in total. The minimum atomic E-state index is -0.191. The lowest BCUT2D eigenvalue weighted by Crippen LogP contribution is -2.48. The SMILES string of the molecule is CCC(C(N)=O)N1CCC(C(c2ccccc2)c2ccccc2)CC1. The summed E-state index contributed by atoms with van der Waals surface area (Å²) >= 11 is 0. The topological polar surface area (TPSA) is 46.3 Å². The molecule has 2 aromatic rings. The van der Waals surface area contributed by atoms with Gasteiger partial charge in [-0.3, -0.25) is 9.69 Å². The van der Waals surface area contributed by atoms with Crippen LogP contribution in [0.5, 0.6) is 0 Å². The number of nitrogens with two attached hydrogens (primary N) is 1. The molecule has 25 heavy (non-hydrogen) atoms. The van der Waals surface area contributed by atoms with Crippen LogP contribution in [-0.2, 0) is 4.79 Å². The van der Waals surface area contributed by atoms with Crippen LogP contribution in [0.15, 0.2) is 60.7 Å². The van der Waals surface area contributed by atoms with Crippen LogP contribution in [0.25, 0.3) is 0 Å². The largest absolute Gasteiger partial charge is 0.368 e. The van der Waals surface area contributed by atoms with Gasteiger partial charge in [-0.15, -0.1) is 0 Å². The standard InChI is InChI=1S/C22H28N2O/c1-2-20(22(23)25)24-15-13-19(14-16-24)21(17-9-5-3-6-10-17)18-11-7-4-8-12-18/h3-12,19-21H,2,13-16H2,1H3,(H2,23,25). The molecule has 1 heterocycles. The Labute approximate surface area is 150 Å². The van der Waals surface area contributed by atoms with Crippen molar-refractivity contribution in [3.05, 3.63) is 71.8 Å². The Morgan fingerprint density at radius 2 is 1.48 bits per heavy atom. The molecule has 132 valence electrons. The molecule has 1 amide bonds. The number of amides is 1. The molecule has 0 saturated carbocycles. The summed E-state index contributed by atoms with van der Waals surface area (Å²) in [5.41, 5.74) is 8.34. The summed E-state index contributed by atoms with van der Waals surface area (Å²) in [7, 11) is 0. The second-order valence-electron chi connectivity index (χ2n) is 7.00. The fourth-order valence-corrected chi connectivity index (χ4v) is 4.26. The minimum absolute atomic E-state index is 0.118. The monoisotopic (exact) mass is 336 g/mol. The van der Waals surface area contributed by atoms with Gasteiger partial charge in [-0.1, -0.05) is 67.6 Å². The summed E-state index contributed by atoms with van der Waals surface area (Å²) in [6.07, 6.45) is 2.98. The van der Waals surface area contributed by atoms with Gasteiger partial charge in [0.15, 0.2) is 0 Å². The summed E-state index contributed by atoms with van der Waals surface area (Å²) in [5.74, 6) is 0.813. The maximum Gasteiger partial charge on any atom is 0.234 e. The molecule has 3 rings (SSSR count). The van der Waals surface area contributed by atoms with Crippen molar-refractivity contribution in [2.24, 2.45) is 11.7 Å². The van der Waals surface area contributed by atoms with Gasteiger partial charge in [-0.2, -0.15) is 0 Å². The molecule has 0 bridgehead atoms. The summed E-state index contributed by atoms with van der Waals surface area (Å²) in [6, 6.07) is 21.5. The van der Waals surface area contributed by atoms with Gasteiger partial charge in [-0.25, -0.2) is 0 Å². The van der Waals surface area contributed by atoms with Gasteiger partial charge < -0.3 is 5.73 Å². The average molecular weight is 336 g/mol. The van der Waals surface area contributed by atoms with Crippen molar-refractivity contribution in [2.75, 3.05) is 13.1 Å². The van der Waals surface area contributed by atoms with E-state index in [-0.39, 0.29) is 11.9 Å². The fourth-order valence-electron chi connectivity index (χ4n) is 4.26. The summed E-state index contributed by atoms with van der Waals surface area (Å²) in [6.45, 7) is 3.93. The van der Waals surface area contributed by atoms with E-state index < -0.39 is 0 Å². The number of hydrogen-bond acceptors (Lipinski definition) is 2. The molecule has 1 aliphatic rings. The zero-order chi connectivity index (χ0) is 17.6. The molecule has 0 radical (unpaired) electrons. The number of hydrogen-bond donors (Lipinski definition) is 1. The van der Waals surface area contributed by atoms with Crippen LogP contribution in [0, 0.1) is 5.92 Å². The van der Waals surface area contributed by atoms with Crippen LogP contribution in [-0.4, -0.2) is 29.9 Å². The van der Waals surface area contributed by atoms with E-state index in [1.807, 2.05) is 6.92 Å². The van der Waals surface area contributed by atoms with Crippen LogP contribution in [0.2, 0.25) is 0 Å². The second-order valence-corrected chi connectivity index (χ2v) is 7.00. The Hall–Kier alpha value is -2.13. The third-order valence-electron chi connectivity index (χ3n) is 5.52. The first kappa shape index (κ1) is 17.7. The molecular formula is C22H28N2O. The van der Waals surface area contributed by atoms with Crippen LogP contribution >= 0.6 is 0 Å². The van der Waals surface area contributed by atoms with Gasteiger partial charge in [0.1, 0.15) is 0 Å². The number of likely N-dealkylation sites (tertiary alicyclic amines) is 1. The summed E-state index contributed by atoms with van der Waals surface area (Å²) < 4.78 is 0. The molecule has 2 N–H and O–H groups in total. The Kier molecular flexibility index (Phi) is 5.87. The minimum Gasteiger partial charge on any atom is -0.368 e. The number of carbonyl (C=O) groups excluding carboxylic acids is 1. The van der Waals surface area contributed by atoms with E-state index in [0.717, 1.165) is 32.4 Å². The van der Waals surface area contributed by atoms with Gasteiger partial charge in [0.05, 0.1) is 6.04 Å². The highest BCUT2D eigenvalue weighted by molar-refractivity contribution is 5.79. The number of carbonyl (C=O) groups is 1. The van der Waals surface area contributed by atoms with Crippen molar-refractivity contribution in [2.45, 2.75) is 38.1 Å². The van der Waals surface area contributed by atoms with Crippen LogP contribution < -0.4 is 5.73 Å². The van der Waals surface area contributed by atoms with Crippen molar-refractivity contribution in [3.63, 3.8) is 0 Å². The molecule has 1 atom stereocenters. The molecule has 0 aliphatic carbocycles. The predicted octanol–water partition coefficient (Wildman–Crippen LogP) is 3.79. The molecule has 0 aromatic heterocycles. The van der Waals surface area contributed by atoms with E-state index in [1.54, 1.807) is 0 Å². The number of benzene rings is 2. The molecule has 1 aliphatic heterocycles. The molecule has 0 spiro atoms. The maximum atomic E-state index is 11.7. The second kappa shape index (κ2) is 8.30. The predicted molar refractivity (Wildman–Crippen MR) is 102 cm³/mol. The van der Waals surface area contributed by atoms with E-state index in [4.69, 9.17) is 5.73 Å². The van der Waals surface area contributed by atoms with Crippen LogP contribution in [0.1, 0.15) is 43.2 Å². The number of piperidine rings is 1. The van der Waals surface area contributed by atoms with E-state index in [1.165, 1.54) is 11.1 Å². The number of nitrogens with zero attached hydrogens (tertiary/aromatic N) is 1. The lowest BCUT2D eigenvalue weighted by atomic mass is 9.76. The van der Waals surface area contributed by atoms with Gasteiger partial charge in [-0.05, 0) is 49.4 Å². The molecule has 1 unspecified atom stereocenters. The van der Waals surface area contributed by atoms with Gasteiger partial charge in [0.25, 0.3) is 0 Å². The number of primary amides is 1. The van der Waals surface area contributed by atoms with Crippen molar-refractivity contribution in [1.29, 1.82) is 0 Å². The smallest absolute Gasteiger partial charge is 0.234 e. The first-order chi connectivity index (χ1) is 12.2. The van der Waals surface area contributed by atoms with Gasteiger partial charge >= 0.3 is 0 Å². The number of rotatable bonds is 6. The molecule has 1 saturated heterocycles. The van der Waals surface area contributed by atoms with E-state index in [9.17, 15) is 4.79 Å². The third-order valence-corrected chi connectivity index (χ3v) is 5.52. The van der Waals surface area contributed by atoms with Gasteiger partial charge in [0, 0.05) is 5.92 Å². The Morgan fingerprint density at radius 3 is 1.88 bits per heavy atom. The Balaban J connectivity index is 1.79. The van der Waals surface area contributed by atoms with Crippen LogP contribution in [0.3, 0.4) is 0 Å².